The number of hydrogen-bond acceptors (Lipinski definition) is 4. The van der Waals surface area contributed by atoms with Gasteiger partial charge < -0.3 is 20.7 Å². The van der Waals surface area contributed by atoms with Gasteiger partial charge in [0.1, 0.15) is 11.9 Å². The first kappa shape index (κ1) is 32.6. The number of carbonyl (C=O) groups is 2. The van der Waals surface area contributed by atoms with E-state index in [9.17, 15) is 22.8 Å². The third-order valence-electron chi connectivity index (χ3n) is 7.90. The van der Waals surface area contributed by atoms with E-state index in [-0.39, 0.29) is 24.5 Å². The lowest BCUT2D eigenvalue weighted by atomic mass is 10.0. The monoisotopic (exact) mass is 630 g/mol. The van der Waals surface area contributed by atoms with Crippen LogP contribution in [0.4, 0.5) is 23.7 Å². The average Bonchev–Trinajstić information content (AvgIpc) is 3.06. The van der Waals surface area contributed by atoms with Crippen LogP contribution >= 0.6 is 0 Å². The third-order valence-corrected chi connectivity index (χ3v) is 7.90. The molecule has 1 fully saturated rings. The van der Waals surface area contributed by atoms with Crippen molar-refractivity contribution in [3.8, 4) is 5.75 Å². The van der Waals surface area contributed by atoms with Gasteiger partial charge in [-0.05, 0) is 72.5 Å². The Balaban J connectivity index is 1.15. The smallest absolute Gasteiger partial charge is 0.416 e. The molecular weight excluding hydrogens is 593 g/mol. The molecule has 10 heteroatoms. The molecule has 4 aromatic carbocycles. The van der Waals surface area contributed by atoms with E-state index in [1.165, 1.54) is 17.7 Å². The minimum absolute atomic E-state index is 0.0617. The fourth-order valence-electron chi connectivity index (χ4n) is 5.38. The highest BCUT2D eigenvalue weighted by atomic mass is 19.4. The van der Waals surface area contributed by atoms with E-state index < -0.39 is 17.8 Å². The highest BCUT2D eigenvalue weighted by Crippen LogP contribution is 2.32. The van der Waals surface area contributed by atoms with Gasteiger partial charge in [-0.25, -0.2) is 4.79 Å². The van der Waals surface area contributed by atoms with Crippen molar-refractivity contribution in [1.29, 1.82) is 0 Å². The van der Waals surface area contributed by atoms with Gasteiger partial charge in [0.05, 0.1) is 5.56 Å². The molecule has 46 heavy (non-hydrogen) atoms. The molecule has 5 rings (SSSR count). The van der Waals surface area contributed by atoms with Gasteiger partial charge in [0.25, 0.3) is 5.91 Å². The summed E-state index contributed by atoms with van der Waals surface area (Å²) in [5.41, 5.74) is 2.13. The lowest BCUT2D eigenvalue weighted by Crippen LogP contribution is -2.48. The van der Waals surface area contributed by atoms with Gasteiger partial charge in [-0.3, -0.25) is 9.69 Å². The summed E-state index contributed by atoms with van der Waals surface area (Å²) in [6.45, 7) is 2.89. The number of benzene rings is 4. The summed E-state index contributed by atoms with van der Waals surface area (Å²) >= 11 is 0. The Kier molecular flexibility index (Phi) is 10.9. The molecule has 0 aromatic heterocycles. The van der Waals surface area contributed by atoms with E-state index in [4.69, 9.17) is 4.74 Å². The summed E-state index contributed by atoms with van der Waals surface area (Å²) in [6.07, 6.45) is -3.10. The number of rotatable bonds is 11. The number of para-hydroxylation sites is 1. The molecule has 1 saturated heterocycles. The number of likely N-dealkylation sites (tertiary alicyclic amines) is 1. The van der Waals surface area contributed by atoms with E-state index >= 15 is 0 Å². The van der Waals surface area contributed by atoms with Crippen molar-refractivity contribution >= 4 is 17.6 Å². The molecular formula is C36H37F3N4O3. The number of halogens is 3. The second-order valence-electron chi connectivity index (χ2n) is 11.3. The summed E-state index contributed by atoms with van der Waals surface area (Å²) in [4.78, 5) is 27.7. The van der Waals surface area contributed by atoms with Crippen LogP contribution in [0.15, 0.2) is 109 Å². The molecule has 4 aromatic rings. The topological polar surface area (TPSA) is 82.7 Å². The Labute approximate surface area is 266 Å². The lowest BCUT2D eigenvalue weighted by molar-refractivity contribution is -0.137. The van der Waals surface area contributed by atoms with Crippen LogP contribution in [-0.2, 0) is 12.7 Å². The van der Waals surface area contributed by atoms with Crippen molar-refractivity contribution < 1.29 is 27.5 Å². The van der Waals surface area contributed by atoms with E-state index in [1.54, 1.807) is 36.4 Å². The SMILES string of the molecule is O=C(NCCC(Oc1ccc(C(=O)Nc2ccccc2)cc1)c1ccc(C(F)(F)F)cc1)NC1CCN(Cc2ccccc2)CC1. The molecule has 3 N–H and O–H groups in total. The first-order valence-electron chi connectivity index (χ1n) is 15.3. The number of hydrogen-bond donors (Lipinski definition) is 3. The molecule has 1 aliphatic heterocycles. The summed E-state index contributed by atoms with van der Waals surface area (Å²) in [5, 5.41) is 8.74. The summed E-state index contributed by atoms with van der Waals surface area (Å²) < 4.78 is 45.8. The Morgan fingerprint density at radius 2 is 1.46 bits per heavy atom. The molecule has 0 radical (unpaired) electrons. The van der Waals surface area contributed by atoms with Crippen LogP contribution in [0.25, 0.3) is 0 Å². The number of nitrogens with zero attached hydrogens (tertiary/aromatic N) is 1. The van der Waals surface area contributed by atoms with Crippen LogP contribution in [0.2, 0.25) is 0 Å². The van der Waals surface area contributed by atoms with Crippen LogP contribution in [0.1, 0.15) is 52.4 Å². The molecule has 1 heterocycles. The molecule has 7 nitrogen and oxygen atoms in total. The maximum atomic E-state index is 13.2. The van der Waals surface area contributed by atoms with Gasteiger partial charge in [-0.15, -0.1) is 0 Å². The molecule has 0 aliphatic carbocycles. The predicted molar refractivity (Wildman–Crippen MR) is 172 cm³/mol. The Morgan fingerprint density at radius 3 is 2.09 bits per heavy atom. The van der Waals surface area contributed by atoms with Crippen LogP contribution in [0, 0.1) is 0 Å². The third kappa shape index (κ3) is 9.58. The molecule has 0 spiro atoms. The predicted octanol–water partition coefficient (Wildman–Crippen LogP) is 7.43. The minimum Gasteiger partial charge on any atom is -0.486 e. The zero-order valence-electron chi connectivity index (χ0n) is 25.3. The number of alkyl halides is 3. The molecule has 1 atom stereocenters. The number of amides is 3. The standard InChI is InChI=1S/C36H37F3N4O3/c37-36(38,39)29-15-11-27(12-16-29)33(46-32-17-13-28(14-18-32)34(44)41-30-9-5-2-6-10-30)19-22-40-35(45)42-31-20-23-43(24-21-31)25-26-7-3-1-4-8-26/h1-18,31,33H,19-25H2,(H,41,44)(H2,40,42,45). The fourth-order valence-corrected chi connectivity index (χ4v) is 5.38. The summed E-state index contributed by atoms with van der Waals surface area (Å²) in [5.74, 6) is 0.155. The Bertz CT molecular complexity index is 1540. The van der Waals surface area contributed by atoms with E-state index in [0.29, 0.717) is 29.0 Å². The van der Waals surface area contributed by atoms with Crippen molar-refractivity contribution in [2.75, 3.05) is 25.0 Å². The Hall–Kier alpha value is -4.83. The van der Waals surface area contributed by atoms with Crippen molar-refractivity contribution in [2.24, 2.45) is 0 Å². The van der Waals surface area contributed by atoms with Crippen molar-refractivity contribution in [3.05, 3.63) is 131 Å². The molecule has 3 amide bonds. The highest BCUT2D eigenvalue weighted by molar-refractivity contribution is 6.04. The van der Waals surface area contributed by atoms with E-state index in [2.05, 4.69) is 33.0 Å². The van der Waals surface area contributed by atoms with Crippen molar-refractivity contribution in [2.45, 2.75) is 44.1 Å². The molecule has 0 saturated carbocycles. The van der Waals surface area contributed by atoms with Gasteiger partial charge in [0.15, 0.2) is 0 Å². The van der Waals surface area contributed by atoms with E-state index in [0.717, 1.165) is 44.6 Å². The first-order valence-corrected chi connectivity index (χ1v) is 15.3. The highest BCUT2D eigenvalue weighted by Gasteiger charge is 2.30. The van der Waals surface area contributed by atoms with Crippen molar-refractivity contribution in [3.63, 3.8) is 0 Å². The molecule has 1 aliphatic rings. The fraction of sp³-hybridized carbons (Fsp3) is 0.278. The maximum absolute atomic E-state index is 13.2. The number of urea groups is 1. The number of nitrogens with one attached hydrogen (secondary N) is 3. The lowest BCUT2D eigenvalue weighted by Gasteiger charge is -2.32. The van der Waals surface area contributed by atoms with E-state index in [1.807, 2.05) is 36.4 Å². The van der Waals surface area contributed by atoms with Gasteiger partial charge in [0.2, 0.25) is 0 Å². The zero-order chi connectivity index (χ0) is 32.4. The number of anilines is 1. The molecule has 0 bridgehead atoms. The number of carbonyl (C=O) groups excluding carboxylic acids is 2. The normalized spacial score (nSPS) is 14.7. The molecule has 1 unspecified atom stereocenters. The molecule has 240 valence electrons. The van der Waals surface area contributed by atoms with Crippen molar-refractivity contribution in [1.82, 2.24) is 15.5 Å². The zero-order valence-corrected chi connectivity index (χ0v) is 25.3. The van der Waals surface area contributed by atoms with Gasteiger partial charge in [-0.2, -0.15) is 13.2 Å². The average molecular weight is 631 g/mol. The maximum Gasteiger partial charge on any atom is 0.416 e. The van der Waals surface area contributed by atoms with Gasteiger partial charge in [0, 0.05) is 49.9 Å². The van der Waals surface area contributed by atoms with Gasteiger partial charge >= 0.3 is 12.2 Å². The van der Waals surface area contributed by atoms with Crippen LogP contribution in [0.3, 0.4) is 0 Å². The first-order chi connectivity index (χ1) is 22.2. The second-order valence-corrected chi connectivity index (χ2v) is 11.3. The minimum atomic E-state index is -4.46. The summed E-state index contributed by atoms with van der Waals surface area (Å²) in [6, 6.07) is 30.5. The largest absolute Gasteiger partial charge is 0.486 e. The van der Waals surface area contributed by atoms with Gasteiger partial charge in [-0.1, -0.05) is 60.7 Å². The van der Waals surface area contributed by atoms with Crippen LogP contribution < -0.4 is 20.7 Å². The van der Waals surface area contributed by atoms with Crippen LogP contribution in [-0.4, -0.2) is 42.5 Å². The van der Waals surface area contributed by atoms with Crippen LogP contribution in [0.5, 0.6) is 5.75 Å². The Morgan fingerprint density at radius 1 is 0.826 bits per heavy atom. The summed E-state index contributed by atoms with van der Waals surface area (Å²) in [7, 11) is 0. The second kappa shape index (κ2) is 15.4. The number of ether oxygens (including phenoxy) is 1. The quantitative estimate of drug-likeness (QED) is 0.161. The number of piperidine rings is 1.